The Bertz CT molecular complexity index is 761. The highest BCUT2D eigenvalue weighted by molar-refractivity contribution is 5.78. The maximum atomic E-state index is 12.6. The number of aromatic nitrogens is 2. The summed E-state index contributed by atoms with van der Waals surface area (Å²) in [7, 11) is 1.88. The Morgan fingerprint density at radius 2 is 1.86 bits per heavy atom. The van der Waals surface area contributed by atoms with Gasteiger partial charge in [-0.15, -0.1) is 0 Å². The largest absolute Gasteiger partial charge is 0.373 e. The van der Waals surface area contributed by atoms with Gasteiger partial charge in [-0.3, -0.25) is 14.5 Å². The predicted molar refractivity (Wildman–Crippen MR) is 106 cm³/mol. The lowest BCUT2D eigenvalue weighted by atomic mass is 10.0. The zero-order chi connectivity index (χ0) is 19.7. The van der Waals surface area contributed by atoms with E-state index in [1.165, 1.54) is 0 Å². The van der Waals surface area contributed by atoms with Crippen LogP contribution in [0.2, 0.25) is 0 Å². The first kappa shape index (κ1) is 19.1. The summed E-state index contributed by atoms with van der Waals surface area (Å²) in [6.07, 6.45) is 5.01. The first-order valence-electron chi connectivity index (χ1n) is 10.4. The molecule has 2 saturated heterocycles. The van der Waals surface area contributed by atoms with Crippen molar-refractivity contribution in [1.82, 2.24) is 24.7 Å². The quantitative estimate of drug-likeness (QED) is 0.837. The summed E-state index contributed by atoms with van der Waals surface area (Å²) in [4.78, 5) is 40.2. The molecule has 2 amide bonds. The van der Waals surface area contributed by atoms with Crippen LogP contribution in [0, 0.1) is 0 Å². The zero-order valence-electron chi connectivity index (χ0n) is 16.9. The molecule has 0 saturated carbocycles. The van der Waals surface area contributed by atoms with Gasteiger partial charge >= 0.3 is 0 Å². The van der Waals surface area contributed by atoms with Crippen molar-refractivity contribution in [2.24, 2.45) is 0 Å². The van der Waals surface area contributed by atoms with Crippen LogP contribution in [0.5, 0.6) is 0 Å². The van der Waals surface area contributed by atoms with E-state index in [1.54, 1.807) is 6.92 Å². The number of rotatable bonds is 4. The zero-order valence-corrected chi connectivity index (χ0v) is 16.9. The van der Waals surface area contributed by atoms with E-state index < -0.39 is 0 Å². The molecule has 1 N–H and O–H groups in total. The first-order valence-corrected chi connectivity index (χ1v) is 10.4. The number of likely N-dealkylation sites (tertiary alicyclic amines) is 2. The second kappa shape index (κ2) is 8.03. The third-order valence-electron chi connectivity index (χ3n) is 6.22. The standard InChI is InChI=1S/C20H30N6O2/c1-14(27)25-11-7-15-16(12-25)22-20(23-19(15)21-2)17-6-5-10-26(17)13-18(28)24-8-3-4-9-24/h17H,3-13H2,1-2H3,(H,21,22,23). The number of hydrogen-bond acceptors (Lipinski definition) is 6. The second-order valence-corrected chi connectivity index (χ2v) is 8.01. The molecule has 4 rings (SSSR count). The Labute approximate surface area is 166 Å². The molecule has 3 aliphatic heterocycles. The van der Waals surface area contributed by atoms with Crippen LogP contribution in [0.4, 0.5) is 5.82 Å². The fraction of sp³-hybridized carbons (Fsp3) is 0.700. The van der Waals surface area contributed by atoms with E-state index >= 15 is 0 Å². The normalized spacial score (nSPS) is 22.4. The van der Waals surface area contributed by atoms with Crippen LogP contribution in [-0.4, -0.2) is 76.3 Å². The van der Waals surface area contributed by atoms with E-state index in [2.05, 4.69) is 10.2 Å². The van der Waals surface area contributed by atoms with Crippen molar-refractivity contribution in [2.45, 2.75) is 51.6 Å². The van der Waals surface area contributed by atoms with E-state index in [0.29, 0.717) is 19.6 Å². The van der Waals surface area contributed by atoms with Crippen LogP contribution >= 0.6 is 0 Å². The molecule has 0 radical (unpaired) electrons. The molecule has 1 aromatic heterocycles. The molecule has 28 heavy (non-hydrogen) atoms. The van der Waals surface area contributed by atoms with E-state index in [1.807, 2.05) is 16.8 Å². The van der Waals surface area contributed by atoms with Crippen LogP contribution in [0.1, 0.15) is 55.7 Å². The summed E-state index contributed by atoms with van der Waals surface area (Å²) < 4.78 is 0. The minimum absolute atomic E-state index is 0.0663. The molecule has 152 valence electrons. The van der Waals surface area contributed by atoms with E-state index in [9.17, 15) is 9.59 Å². The number of hydrogen-bond donors (Lipinski definition) is 1. The molecule has 1 aromatic rings. The van der Waals surface area contributed by atoms with E-state index in [0.717, 1.165) is 74.6 Å². The Balaban J connectivity index is 1.56. The summed E-state index contributed by atoms with van der Waals surface area (Å²) in [6, 6.07) is 0.0663. The van der Waals surface area contributed by atoms with Crippen molar-refractivity contribution in [3.05, 3.63) is 17.1 Å². The lowest BCUT2D eigenvalue weighted by molar-refractivity contribution is -0.132. The van der Waals surface area contributed by atoms with Gasteiger partial charge in [0.05, 0.1) is 24.8 Å². The minimum Gasteiger partial charge on any atom is -0.373 e. The Kier molecular flexibility index (Phi) is 5.48. The Morgan fingerprint density at radius 3 is 2.57 bits per heavy atom. The van der Waals surface area contributed by atoms with Gasteiger partial charge in [-0.1, -0.05) is 0 Å². The van der Waals surface area contributed by atoms with Gasteiger partial charge in [0.25, 0.3) is 0 Å². The van der Waals surface area contributed by atoms with Gasteiger partial charge in [-0.2, -0.15) is 0 Å². The smallest absolute Gasteiger partial charge is 0.236 e. The molecule has 8 heteroatoms. The SMILES string of the molecule is CNc1nc(C2CCCN2CC(=O)N2CCCC2)nc2c1CCN(C(C)=O)C2. The predicted octanol–water partition coefficient (Wildman–Crippen LogP) is 1.18. The van der Waals surface area contributed by atoms with Gasteiger partial charge < -0.3 is 15.1 Å². The van der Waals surface area contributed by atoms with Crippen molar-refractivity contribution in [2.75, 3.05) is 45.1 Å². The number of carbonyl (C=O) groups is 2. The lowest BCUT2D eigenvalue weighted by Gasteiger charge is -2.30. The average molecular weight is 387 g/mol. The van der Waals surface area contributed by atoms with Crippen molar-refractivity contribution >= 4 is 17.6 Å². The van der Waals surface area contributed by atoms with Gasteiger partial charge in [-0.25, -0.2) is 9.97 Å². The summed E-state index contributed by atoms with van der Waals surface area (Å²) >= 11 is 0. The molecule has 1 atom stereocenters. The van der Waals surface area contributed by atoms with Crippen LogP contribution < -0.4 is 5.32 Å². The number of amides is 2. The third kappa shape index (κ3) is 3.70. The Morgan fingerprint density at radius 1 is 1.07 bits per heavy atom. The van der Waals surface area contributed by atoms with Crippen molar-refractivity contribution < 1.29 is 9.59 Å². The summed E-state index contributed by atoms with van der Waals surface area (Å²) in [5.41, 5.74) is 2.05. The topological polar surface area (TPSA) is 81.7 Å². The molecule has 8 nitrogen and oxygen atoms in total. The van der Waals surface area contributed by atoms with Crippen LogP contribution in [0.15, 0.2) is 0 Å². The van der Waals surface area contributed by atoms with Gasteiger partial charge in [0.2, 0.25) is 11.8 Å². The Hall–Kier alpha value is -2.22. The van der Waals surface area contributed by atoms with Crippen molar-refractivity contribution in [3.63, 3.8) is 0 Å². The van der Waals surface area contributed by atoms with Gasteiger partial charge in [0.15, 0.2) is 0 Å². The van der Waals surface area contributed by atoms with Crippen LogP contribution in [0.25, 0.3) is 0 Å². The van der Waals surface area contributed by atoms with Gasteiger partial charge in [-0.05, 0) is 38.6 Å². The van der Waals surface area contributed by atoms with E-state index in [-0.39, 0.29) is 17.9 Å². The lowest BCUT2D eigenvalue weighted by Crippen LogP contribution is -2.39. The molecular formula is C20H30N6O2. The van der Waals surface area contributed by atoms with Gasteiger partial charge in [0, 0.05) is 39.2 Å². The van der Waals surface area contributed by atoms with Crippen molar-refractivity contribution in [3.8, 4) is 0 Å². The van der Waals surface area contributed by atoms with E-state index in [4.69, 9.17) is 9.97 Å². The number of nitrogens with one attached hydrogen (secondary N) is 1. The molecule has 2 fully saturated rings. The number of carbonyl (C=O) groups excluding carboxylic acids is 2. The summed E-state index contributed by atoms with van der Waals surface area (Å²) in [5, 5.41) is 3.22. The maximum absolute atomic E-state index is 12.6. The fourth-order valence-corrected chi connectivity index (χ4v) is 4.62. The number of fused-ring (bicyclic) bond motifs is 1. The average Bonchev–Trinajstić information content (AvgIpc) is 3.38. The molecular weight excluding hydrogens is 356 g/mol. The second-order valence-electron chi connectivity index (χ2n) is 8.01. The molecule has 0 aromatic carbocycles. The van der Waals surface area contributed by atoms with Crippen LogP contribution in [-0.2, 0) is 22.6 Å². The highest BCUT2D eigenvalue weighted by Gasteiger charge is 2.33. The van der Waals surface area contributed by atoms with Crippen LogP contribution in [0.3, 0.4) is 0 Å². The molecule has 4 heterocycles. The molecule has 0 bridgehead atoms. The number of nitrogens with zero attached hydrogens (tertiary/aromatic N) is 5. The molecule has 0 aliphatic carbocycles. The van der Waals surface area contributed by atoms with Gasteiger partial charge in [0.1, 0.15) is 11.6 Å². The molecule has 0 spiro atoms. The fourth-order valence-electron chi connectivity index (χ4n) is 4.62. The number of anilines is 1. The third-order valence-corrected chi connectivity index (χ3v) is 6.22. The maximum Gasteiger partial charge on any atom is 0.236 e. The monoisotopic (exact) mass is 386 g/mol. The first-order chi connectivity index (χ1) is 13.6. The summed E-state index contributed by atoms with van der Waals surface area (Å²) in [6.45, 7) is 5.97. The summed E-state index contributed by atoms with van der Waals surface area (Å²) in [5.74, 6) is 1.94. The molecule has 3 aliphatic rings. The highest BCUT2D eigenvalue weighted by atomic mass is 16.2. The minimum atomic E-state index is 0.0663. The van der Waals surface area contributed by atoms with Crippen molar-refractivity contribution in [1.29, 1.82) is 0 Å². The molecule has 1 unspecified atom stereocenters. The highest BCUT2D eigenvalue weighted by Crippen LogP contribution is 2.33.